The van der Waals surface area contributed by atoms with Crippen molar-refractivity contribution in [3.63, 3.8) is 0 Å². The van der Waals surface area contributed by atoms with Crippen molar-refractivity contribution >= 4 is 130 Å². The summed E-state index contributed by atoms with van der Waals surface area (Å²) in [7, 11) is 0. The molecule has 21 aromatic rings. The molecule has 0 radical (unpaired) electrons. The first kappa shape index (κ1) is 23.3. The van der Waals surface area contributed by atoms with E-state index >= 15 is 0 Å². The molecule has 0 unspecified atom stereocenters. The molecule has 0 saturated heterocycles. The lowest BCUT2D eigenvalue weighted by molar-refractivity contribution is 0.672. The maximum Gasteiger partial charge on any atom is 0.143 e. The first-order valence-corrected chi connectivity index (χ1v) is 29.6. The molecule has 19 aromatic carbocycles. The average Bonchev–Trinajstić information content (AvgIpc) is 1.03. The van der Waals surface area contributed by atoms with Crippen molar-refractivity contribution in [3.8, 4) is 77.9 Å². The van der Waals surface area contributed by atoms with E-state index in [0.29, 0.717) is 0 Å². The Kier molecular flexibility index (Phi) is 5.43. The molecular formula is C98H60O2. The van der Waals surface area contributed by atoms with Gasteiger partial charge in [-0.3, -0.25) is 0 Å². The first-order valence-electron chi connectivity index (χ1n) is 59.6. The van der Waals surface area contributed by atoms with E-state index in [2.05, 4.69) is 0 Å². The van der Waals surface area contributed by atoms with Gasteiger partial charge in [-0.05, 0) is 202 Å². The van der Waals surface area contributed by atoms with Gasteiger partial charge >= 0.3 is 0 Å². The Labute approximate surface area is 661 Å². The fourth-order valence-corrected chi connectivity index (χ4v) is 12.2. The number of benzene rings is 19. The third kappa shape index (κ3) is 9.26. The van der Waals surface area contributed by atoms with Crippen LogP contribution in [0.4, 0.5) is 0 Å². The van der Waals surface area contributed by atoms with Crippen LogP contribution >= 0.6 is 0 Å². The van der Waals surface area contributed by atoms with E-state index in [1.807, 2.05) is 0 Å². The summed E-state index contributed by atoms with van der Waals surface area (Å²) in [5, 5.41) is -13.2. The maximum absolute atomic E-state index is 10.1. The van der Waals surface area contributed by atoms with Crippen molar-refractivity contribution < 1.29 is 91.1 Å². The quantitative estimate of drug-likeness (QED) is 0.149. The Morgan fingerprint density at radius 3 is 0.970 bits per heavy atom. The summed E-state index contributed by atoms with van der Waals surface area (Å²) < 4.78 is 556. The summed E-state index contributed by atoms with van der Waals surface area (Å²) >= 11 is 0. The van der Waals surface area contributed by atoms with Gasteiger partial charge in [-0.2, -0.15) is 0 Å². The lowest BCUT2D eigenvalue weighted by atomic mass is 9.83. The van der Waals surface area contributed by atoms with Gasteiger partial charge in [0.2, 0.25) is 0 Å². The van der Waals surface area contributed by atoms with Crippen LogP contribution in [0.15, 0.2) is 371 Å². The zero-order valence-electron chi connectivity index (χ0n) is 110. The number of furan rings is 2. The van der Waals surface area contributed by atoms with E-state index in [1.54, 1.807) is 0 Å². The second-order valence-corrected chi connectivity index (χ2v) is 21.8. The van der Waals surface area contributed by atoms with Gasteiger partial charge in [-0.15, -0.1) is 0 Å². The molecule has 0 fully saturated rings. The van der Waals surface area contributed by atoms with Crippen molar-refractivity contribution in [1.29, 1.82) is 0 Å². The lowest BCUT2D eigenvalue weighted by Gasteiger charge is -2.20. The minimum Gasteiger partial charge on any atom is -0.455 e. The molecule has 2 heteroatoms. The van der Waals surface area contributed by atoms with E-state index in [9.17, 15) is 31.5 Å². The number of fused-ring (bicyclic) bond motifs is 16. The third-order valence-corrected chi connectivity index (χ3v) is 16.4. The summed E-state index contributed by atoms with van der Waals surface area (Å²) in [6.45, 7) is 0. The van der Waals surface area contributed by atoms with Crippen LogP contribution in [0.2, 0.25) is 0 Å². The Morgan fingerprint density at radius 1 is 0.160 bits per heavy atom. The molecule has 0 atom stereocenters. The normalized spacial score (nSPS) is 20.2. The standard InChI is InChI=1S/C50H30O.C48H30O/c1-2-13-33-29-34(22-21-31(33)11-1)36-26-27-44(39-16-6-5-15-38(36)39)49-42-19-9-7-17-40(42)48(41-18-8-10-20-43(41)49)35-24-28-47-46(30-35)45-25-23-32-12-3-4-14-37(32)50(45)51-47;1-3-13-31(14-4-1)36-26-24-34(29-43(36)32-15-5-2-6-16-32)46-38-19-9-11-21-40(38)47(41-22-12-10-20-39(41)46)35-25-28-45-44(30-35)42-27-23-33-17-7-8-18-37(33)48(42)49-45/h1-30H;1-30H/i2*1D,2D,3D,4D,5D,6D,7D,8D,9D,10D,11D,12D,13D,14D,15D,16D,17D,18D,19D,20D,21D,22D,23D,24D,25D,26D,27D,28D,29D,30D. The molecule has 0 amide bonds. The van der Waals surface area contributed by atoms with Crippen LogP contribution in [-0.2, 0) is 0 Å². The summed E-state index contributed by atoms with van der Waals surface area (Å²) in [5.41, 5.74) is -14.4. The Hall–Kier alpha value is -13.1. The van der Waals surface area contributed by atoms with E-state index in [4.69, 9.17) is 59.6 Å². The summed E-state index contributed by atoms with van der Waals surface area (Å²) in [4.78, 5) is 0. The highest BCUT2D eigenvalue weighted by Gasteiger charge is 2.23. The molecule has 2 aromatic heterocycles. The van der Waals surface area contributed by atoms with E-state index in [-0.39, 0.29) is 0 Å². The minimum atomic E-state index is -1.20. The molecule has 21 rings (SSSR count). The van der Waals surface area contributed by atoms with Gasteiger partial charge in [0.25, 0.3) is 0 Å². The van der Waals surface area contributed by atoms with Crippen molar-refractivity contribution in [1.82, 2.24) is 0 Å². The maximum atomic E-state index is 10.1. The van der Waals surface area contributed by atoms with Crippen LogP contribution in [0.3, 0.4) is 0 Å². The highest BCUT2D eigenvalue weighted by atomic mass is 16.3. The van der Waals surface area contributed by atoms with Crippen LogP contribution in [0.1, 0.15) is 82.2 Å². The SMILES string of the molecule is [2H]c1c(-c2c3c([2H])c([2H])c([2H])c([2H])c3c(-c3c([2H])c([2H])c(-c4c([2H])c([2H])c5c([2H])c([2H])c([2H])c([2H])c5c4[2H])c4c([2H])c([2H])c([2H])c([2H])c34)c3c([2H])c([2H])c([2H])c([2H])c23)c([2H])c2c(oc3c4c([2H])c([2H])c([2H])c([2H])c4c([2H])c([2H])c32)c1[2H].[2H]c1c([2H])c([2H])c(-c2c([2H])c([2H])c(-c3c4c([2H])c([2H])c([2H])c([2H])c4c(-c4c([2H])c([2H])c5oc6c7c([2H])c([2H])c([2H])c([2H])c7c([2H])c([2H])c6c5c4[2H])c4c([2H])c([2H])c([2H])c([2H])c34)c([2H])c2-c2c([2H])c([2H])c([2H])c([2H])c2[2H])c([2H])c1[2H]. The second-order valence-electron chi connectivity index (χ2n) is 21.8. The highest BCUT2D eigenvalue weighted by molar-refractivity contribution is 6.27. The van der Waals surface area contributed by atoms with Gasteiger partial charge < -0.3 is 8.83 Å². The van der Waals surface area contributed by atoms with Gasteiger partial charge in [0.15, 0.2) is 0 Å². The average molecular weight is 1330 g/mol. The number of hydrogen-bond donors (Lipinski definition) is 0. The van der Waals surface area contributed by atoms with Gasteiger partial charge in [0.05, 0.1) is 82.2 Å². The monoisotopic (exact) mass is 1330 g/mol. The third-order valence-electron chi connectivity index (χ3n) is 16.4. The summed E-state index contributed by atoms with van der Waals surface area (Å²) in [5.74, 6) is 0. The Bertz CT molecular complexity index is 10500. The largest absolute Gasteiger partial charge is 0.455 e. The fourth-order valence-electron chi connectivity index (χ4n) is 12.2. The predicted molar refractivity (Wildman–Crippen MR) is 426 cm³/mol. The fraction of sp³-hybridized carbons (Fsp3) is 0. The van der Waals surface area contributed by atoms with Gasteiger partial charge in [-0.25, -0.2) is 0 Å². The molecule has 0 bridgehead atoms. The minimum absolute atomic E-state index is 0.439. The van der Waals surface area contributed by atoms with Crippen LogP contribution in [-0.4, -0.2) is 0 Å². The molecular weight excluding hydrogens is 1210 g/mol. The number of hydrogen-bond acceptors (Lipinski definition) is 2. The molecule has 0 aliphatic heterocycles. The predicted octanol–water partition coefficient (Wildman–Crippen LogP) is 28.1. The van der Waals surface area contributed by atoms with Gasteiger partial charge in [-0.1, -0.05) is 314 Å². The zero-order chi connectivity index (χ0) is 118. The molecule has 464 valence electrons. The molecule has 0 spiro atoms. The van der Waals surface area contributed by atoms with Crippen LogP contribution < -0.4 is 0 Å². The molecule has 0 N–H and O–H groups in total. The molecule has 2 nitrogen and oxygen atoms in total. The Balaban J connectivity index is 0.000000191. The van der Waals surface area contributed by atoms with E-state index in [0.717, 1.165) is 0 Å². The number of rotatable bonds is 7. The second kappa shape index (κ2) is 23.3. The van der Waals surface area contributed by atoms with Crippen LogP contribution in [0, 0.1) is 0 Å². The topological polar surface area (TPSA) is 26.3 Å². The van der Waals surface area contributed by atoms with E-state index < -0.39 is 570 Å². The summed E-state index contributed by atoms with van der Waals surface area (Å²) in [6.07, 6.45) is 0. The molecule has 0 saturated carbocycles. The van der Waals surface area contributed by atoms with Crippen LogP contribution in [0.25, 0.3) is 208 Å². The molecule has 2 heterocycles. The van der Waals surface area contributed by atoms with Gasteiger partial charge in [0.1, 0.15) is 22.3 Å². The van der Waals surface area contributed by atoms with Crippen LogP contribution in [0.5, 0.6) is 0 Å². The smallest absolute Gasteiger partial charge is 0.143 e. The van der Waals surface area contributed by atoms with Crippen molar-refractivity contribution in [2.24, 2.45) is 0 Å². The molecule has 100 heavy (non-hydrogen) atoms. The van der Waals surface area contributed by atoms with Crippen molar-refractivity contribution in [3.05, 3.63) is 363 Å². The van der Waals surface area contributed by atoms with Crippen molar-refractivity contribution in [2.75, 3.05) is 0 Å². The molecule has 0 aliphatic rings. The van der Waals surface area contributed by atoms with Crippen molar-refractivity contribution in [2.45, 2.75) is 0 Å². The summed E-state index contributed by atoms with van der Waals surface area (Å²) in [6, 6.07) is -58.1. The highest BCUT2D eigenvalue weighted by Crippen LogP contribution is 2.50. The van der Waals surface area contributed by atoms with E-state index in [1.165, 1.54) is 0 Å². The van der Waals surface area contributed by atoms with Gasteiger partial charge in [0, 0.05) is 32.3 Å². The zero-order valence-corrected chi connectivity index (χ0v) is 49.8. The lowest BCUT2D eigenvalue weighted by Crippen LogP contribution is -1.92. The first-order chi connectivity index (χ1) is 74.6. The molecule has 0 aliphatic carbocycles. The Morgan fingerprint density at radius 2 is 0.490 bits per heavy atom.